The van der Waals surface area contributed by atoms with Gasteiger partial charge in [0.25, 0.3) is 0 Å². The minimum absolute atomic E-state index is 0.964. The summed E-state index contributed by atoms with van der Waals surface area (Å²) in [5.41, 5.74) is 0. The van der Waals surface area contributed by atoms with Gasteiger partial charge in [0, 0.05) is 3.92 Å². The van der Waals surface area contributed by atoms with Gasteiger partial charge in [-0.15, -0.1) is 0 Å². The van der Waals surface area contributed by atoms with Crippen molar-refractivity contribution < 1.29 is 0 Å². The van der Waals surface area contributed by atoms with Gasteiger partial charge in [-0.2, -0.15) is 0 Å². The van der Waals surface area contributed by atoms with Gasteiger partial charge in [0.2, 0.25) is 0 Å². The molecule has 1 rings (SSSR count). The fraction of sp³-hybridized carbons (Fsp3) is 1.00. The monoisotopic (exact) mass is 253 g/mol. The highest BCUT2D eigenvalue weighted by Gasteiger charge is 2.17. The first-order valence-corrected chi connectivity index (χ1v) is 5.36. The van der Waals surface area contributed by atoms with Gasteiger partial charge in [0.15, 0.2) is 0 Å². The van der Waals surface area contributed by atoms with E-state index < -0.39 is 0 Å². The van der Waals surface area contributed by atoms with E-state index in [0.717, 1.165) is 9.84 Å². The fourth-order valence-corrected chi connectivity index (χ4v) is 2.33. The predicted molar refractivity (Wildman–Crippen MR) is 53.7 cm³/mol. The van der Waals surface area contributed by atoms with Crippen molar-refractivity contribution in [3.63, 3.8) is 0 Å². The van der Waals surface area contributed by atoms with Crippen LogP contribution in [0.5, 0.6) is 0 Å². The summed E-state index contributed by atoms with van der Waals surface area (Å²) in [5, 5.41) is 3.25. The lowest BCUT2D eigenvalue weighted by Gasteiger charge is -2.24. The maximum absolute atomic E-state index is 3.25. The van der Waals surface area contributed by atoms with E-state index in [1.807, 2.05) is 0 Å². The Hall–Kier alpha value is 0.690. The highest BCUT2D eigenvalue weighted by molar-refractivity contribution is 14.1. The standard InChI is InChI=1S/C8H16IN/c1-10-6-7-2-4-8(9)5-3-7/h7-8,10H,2-6H2,1H3. The third-order valence-electron chi connectivity index (χ3n) is 2.27. The Morgan fingerprint density at radius 3 is 2.40 bits per heavy atom. The Balaban J connectivity index is 2.13. The molecule has 0 aromatic heterocycles. The Morgan fingerprint density at radius 2 is 1.90 bits per heavy atom. The van der Waals surface area contributed by atoms with Gasteiger partial charge in [-0.05, 0) is 45.2 Å². The molecule has 2 heteroatoms. The molecule has 0 aromatic carbocycles. The summed E-state index contributed by atoms with van der Waals surface area (Å²) in [6, 6.07) is 0. The molecule has 0 atom stereocenters. The lowest BCUT2D eigenvalue weighted by atomic mass is 9.89. The second kappa shape index (κ2) is 4.54. The molecule has 0 heterocycles. The third-order valence-corrected chi connectivity index (χ3v) is 3.51. The Bertz CT molecular complexity index is 87.3. The average Bonchev–Trinajstić information content (AvgIpc) is 1.95. The van der Waals surface area contributed by atoms with Crippen LogP contribution < -0.4 is 5.32 Å². The van der Waals surface area contributed by atoms with Crippen LogP contribution in [-0.2, 0) is 0 Å². The fourth-order valence-electron chi connectivity index (χ4n) is 1.61. The average molecular weight is 253 g/mol. The van der Waals surface area contributed by atoms with Crippen LogP contribution in [0.15, 0.2) is 0 Å². The highest BCUT2D eigenvalue weighted by atomic mass is 127. The van der Waals surface area contributed by atoms with E-state index in [9.17, 15) is 0 Å². The summed E-state index contributed by atoms with van der Waals surface area (Å²) >= 11 is 2.57. The van der Waals surface area contributed by atoms with E-state index in [4.69, 9.17) is 0 Å². The molecule has 0 aliphatic heterocycles. The molecule has 0 saturated heterocycles. The second-order valence-corrected chi connectivity index (χ2v) is 4.94. The van der Waals surface area contributed by atoms with Crippen LogP contribution in [0.3, 0.4) is 0 Å². The number of hydrogen-bond acceptors (Lipinski definition) is 1. The molecule has 1 N–H and O–H groups in total. The maximum atomic E-state index is 3.25. The third kappa shape index (κ3) is 2.74. The zero-order valence-electron chi connectivity index (χ0n) is 6.57. The van der Waals surface area contributed by atoms with Crippen LogP contribution in [0.1, 0.15) is 25.7 Å². The van der Waals surface area contributed by atoms with Crippen molar-refractivity contribution >= 4 is 22.6 Å². The smallest absolute Gasteiger partial charge is 0.0110 e. The van der Waals surface area contributed by atoms with Gasteiger partial charge in [-0.1, -0.05) is 22.6 Å². The van der Waals surface area contributed by atoms with E-state index in [0.29, 0.717) is 0 Å². The van der Waals surface area contributed by atoms with Crippen molar-refractivity contribution in [3.05, 3.63) is 0 Å². The molecule has 1 aliphatic carbocycles. The Labute approximate surface area is 77.1 Å². The topological polar surface area (TPSA) is 12.0 Å². The lowest BCUT2D eigenvalue weighted by molar-refractivity contribution is 0.362. The molecule has 0 radical (unpaired) electrons. The minimum Gasteiger partial charge on any atom is -0.319 e. The quantitative estimate of drug-likeness (QED) is 0.587. The molecule has 0 aromatic rings. The van der Waals surface area contributed by atoms with E-state index in [1.54, 1.807) is 0 Å². The van der Waals surface area contributed by atoms with Gasteiger partial charge >= 0.3 is 0 Å². The molecule has 1 fully saturated rings. The first kappa shape index (κ1) is 8.78. The lowest BCUT2D eigenvalue weighted by Crippen LogP contribution is -2.23. The maximum Gasteiger partial charge on any atom is 0.0110 e. The summed E-state index contributed by atoms with van der Waals surface area (Å²) < 4.78 is 0.964. The van der Waals surface area contributed by atoms with Crippen LogP contribution in [-0.4, -0.2) is 17.5 Å². The summed E-state index contributed by atoms with van der Waals surface area (Å²) in [7, 11) is 2.05. The molecular formula is C8H16IN. The number of hydrogen-bond donors (Lipinski definition) is 1. The zero-order valence-corrected chi connectivity index (χ0v) is 8.73. The van der Waals surface area contributed by atoms with E-state index in [-0.39, 0.29) is 0 Å². The summed E-state index contributed by atoms with van der Waals surface area (Å²) in [6.45, 7) is 1.23. The second-order valence-electron chi connectivity index (χ2n) is 3.18. The van der Waals surface area contributed by atoms with Crippen LogP contribution in [0, 0.1) is 5.92 Å². The minimum atomic E-state index is 0.964. The van der Waals surface area contributed by atoms with Crippen molar-refractivity contribution in [2.45, 2.75) is 29.6 Å². The SMILES string of the molecule is CNCC1CCC(I)CC1. The van der Waals surface area contributed by atoms with Gasteiger partial charge in [-0.3, -0.25) is 0 Å². The number of rotatable bonds is 2. The Morgan fingerprint density at radius 1 is 1.30 bits per heavy atom. The van der Waals surface area contributed by atoms with E-state index in [1.165, 1.54) is 32.2 Å². The van der Waals surface area contributed by atoms with Crippen molar-refractivity contribution in [2.75, 3.05) is 13.6 Å². The van der Waals surface area contributed by atoms with E-state index in [2.05, 4.69) is 35.0 Å². The molecule has 0 bridgehead atoms. The van der Waals surface area contributed by atoms with Crippen LogP contribution in [0.2, 0.25) is 0 Å². The summed E-state index contributed by atoms with van der Waals surface area (Å²) in [5.74, 6) is 0.969. The number of nitrogens with one attached hydrogen (secondary N) is 1. The van der Waals surface area contributed by atoms with E-state index >= 15 is 0 Å². The van der Waals surface area contributed by atoms with Crippen molar-refractivity contribution in [3.8, 4) is 0 Å². The molecule has 1 nitrogen and oxygen atoms in total. The van der Waals surface area contributed by atoms with Crippen LogP contribution >= 0.6 is 22.6 Å². The molecule has 1 aliphatic rings. The Kier molecular flexibility index (Phi) is 3.99. The molecule has 0 amide bonds. The van der Waals surface area contributed by atoms with Crippen LogP contribution in [0.25, 0.3) is 0 Å². The van der Waals surface area contributed by atoms with Crippen molar-refractivity contribution in [2.24, 2.45) is 5.92 Å². The predicted octanol–water partition coefficient (Wildman–Crippen LogP) is 2.20. The summed E-state index contributed by atoms with van der Waals surface area (Å²) in [4.78, 5) is 0. The molecule has 10 heavy (non-hydrogen) atoms. The van der Waals surface area contributed by atoms with Crippen LogP contribution in [0.4, 0.5) is 0 Å². The molecular weight excluding hydrogens is 237 g/mol. The molecule has 0 unspecified atom stereocenters. The van der Waals surface area contributed by atoms with Crippen molar-refractivity contribution in [1.29, 1.82) is 0 Å². The highest BCUT2D eigenvalue weighted by Crippen LogP contribution is 2.28. The molecule has 60 valence electrons. The van der Waals surface area contributed by atoms with Gasteiger partial charge in [-0.25, -0.2) is 0 Å². The largest absolute Gasteiger partial charge is 0.319 e. The first-order valence-electron chi connectivity index (χ1n) is 4.11. The zero-order chi connectivity index (χ0) is 7.40. The van der Waals surface area contributed by atoms with Gasteiger partial charge in [0.05, 0.1) is 0 Å². The van der Waals surface area contributed by atoms with Gasteiger partial charge < -0.3 is 5.32 Å². The molecule has 0 spiro atoms. The number of alkyl halides is 1. The molecule has 1 saturated carbocycles. The summed E-state index contributed by atoms with van der Waals surface area (Å²) in [6.07, 6.45) is 5.75. The number of halogens is 1. The van der Waals surface area contributed by atoms with Gasteiger partial charge in [0.1, 0.15) is 0 Å². The van der Waals surface area contributed by atoms with Crippen molar-refractivity contribution in [1.82, 2.24) is 5.32 Å². The normalized spacial score (nSPS) is 34.2. The first-order chi connectivity index (χ1) is 4.83.